The molecule has 0 aliphatic rings. The molecule has 0 aliphatic heterocycles. The molecule has 2 aromatic carbocycles. The Bertz CT molecular complexity index is 1340. The Morgan fingerprint density at radius 1 is 1.03 bits per heavy atom. The van der Waals surface area contributed by atoms with Crippen LogP contribution in [0.15, 0.2) is 76.5 Å². The van der Waals surface area contributed by atoms with E-state index in [4.69, 9.17) is 4.42 Å². The molecule has 0 bridgehead atoms. The fourth-order valence-corrected chi connectivity index (χ4v) is 4.21. The molecule has 9 heteroatoms. The normalized spacial score (nSPS) is 11.4. The summed E-state index contributed by atoms with van der Waals surface area (Å²) < 4.78 is 22.5. The third-order valence-electron chi connectivity index (χ3n) is 4.90. The predicted molar refractivity (Wildman–Crippen MR) is 115 cm³/mol. The molecule has 0 aliphatic carbocycles. The summed E-state index contributed by atoms with van der Waals surface area (Å²) in [6, 6.07) is 17.9. The van der Waals surface area contributed by atoms with Gasteiger partial charge >= 0.3 is 0 Å². The van der Waals surface area contributed by atoms with E-state index in [9.17, 15) is 9.18 Å². The van der Waals surface area contributed by atoms with Crippen molar-refractivity contribution in [1.82, 2.24) is 24.5 Å². The lowest BCUT2D eigenvalue weighted by Gasteiger charge is -2.05. The summed E-state index contributed by atoms with van der Waals surface area (Å²) in [6.07, 6.45) is 1.57. The summed E-state index contributed by atoms with van der Waals surface area (Å²) >= 11 is 1.32. The number of fused-ring (bicyclic) bond motifs is 3. The minimum Gasteiger partial charge on any atom is -0.467 e. The summed E-state index contributed by atoms with van der Waals surface area (Å²) in [5.74, 6) is 1.20. The summed E-state index contributed by atoms with van der Waals surface area (Å²) in [4.78, 5) is 12.2. The molecule has 156 valence electrons. The van der Waals surface area contributed by atoms with Crippen molar-refractivity contribution < 1.29 is 13.6 Å². The highest BCUT2D eigenvalue weighted by Crippen LogP contribution is 2.26. The van der Waals surface area contributed by atoms with Crippen molar-refractivity contribution in [2.75, 3.05) is 5.75 Å². The van der Waals surface area contributed by atoms with Gasteiger partial charge in [-0.1, -0.05) is 36.0 Å². The molecular weight excluding hydrogens is 417 g/mol. The second kappa shape index (κ2) is 8.27. The Morgan fingerprint density at radius 2 is 1.84 bits per heavy atom. The summed E-state index contributed by atoms with van der Waals surface area (Å²) in [5, 5.41) is 12.1. The Morgan fingerprint density at radius 3 is 2.61 bits per heavy atom. The second-order valence-electron chi connectivity index (χ2n) is 6.96. The van der Waals surface area contributed by atoms with Crippen molar-refractivity contribution in [1.29, 1.82) is 0 Å². The van der Waals surface area contributed by atoms with Gasteiger partial charge in [-0.3, -0.25) is 9.20 Å². The molecule has 7 nitrogen and oxygen atoms in total. The van der Waals surface area contributed by atoms with Crippen molar-refractivity contribution in [3.8, 4) is 0 Å². The fraction of sp³-hybridized carbons (Fsp3) is 0.136. The number of nitrogens with zero attached hydrogens (tertiary/aromatic N) is 4. The van der Waals surface area contributed by atoms with Gasteiger partial charge in [-0.15, -0.1) is 10.2 Å². The summed E-state index contributed by atoms with van der Waals surface area (Å²) in [7, 11) is 0. The fourth-order valence-electron chi connectivity index (χ4n) is 3.44. The number of imidazole rings is 1. The maximum absolute atomic E-state index is 13.3. The van der Waals surface area contributed by atoms with Crippen LogP contribution in [-0.4, -0.2) is 30.8 Å². The van der Waals surface area contributed by atoms with Crippen LogP contribution in [0, 0.1) is 5.82 Å². The van der Waals surface area contributed by atoms with Crippen molar-refractivity contribution in [2.24, 2.45) is 0 Å². The third kappa shape index (κ3) is 3.91. The van der Waals surface area contributed by atoms with E-state index in [0.717, 1.165) is 16.6 Å². The lowest BCUT2D eigenvalue weighted by molar-refractivity contribution is -0.118. The highest BCUT2D eigenvalue weighted by Gasteiger charge is 2.18. The molecule has 0 saturated carbocycles. The van der Waals surface area contributed by atoms with Gasteiger partial charge in [0.15, 0.2) is 5.16 Å². The van der Waals surface area contributed by atoms with Crippen LogP contribution in [0.2, 0.25) is 0 Å². The average Bonchev–Trinajstić information content (AvgIpc) is 3.51. The van der Waals surface area contributed by atoms with Crippen LogP contribution < -0.4 is 5.32 Å². The first-order valence-electron chi connectivity index (χ1n) is 9.68. The van der Waals surface area contributed by atoms with Crippen LogP contribution in [0.3, 0.4) is 0 Å². The monoisotopic (exact) mass is 435 g/mol. The number of furan rings is 1. The lowest BCUT2D eigenvalue weighted by Crippen LogP contribution is -2.24. The zero-order valence-electron chi connectivity index (χ0n) is 16.4. The van der Waals surface area contributed by atoms with Crippen molar-refractivity contribution in [2.45, 2.75) is 18.2 Å². The first kappa shape index (κ1) is 19.4. The van der Waals surface area contributed by atoms with Gasteiger partial charge in [0.05, 0.1) is 36.1 Å². The molecule has 0 radical (unpaired) electrons. The number of hydrogen-bond donors (Lipinski definition) is 1. The minimum atomic E-state index is -0.266. The van der Waals surface area contributed by atoms with Gasteiger partial charge in [0.1, 0.15) is 11.6 Å². The van der Waals surface area contributed by atoms with Gasteiger partial charge < -0.3 is 14.3 Å². The van der Waals surface area contributed by atoms with Crippen molar-refractivity contribution in [3.05, 3.63) is 84.1 Å². The number of carbonyl (C=O) groups is 1. The number of rotatable bonds is 7. The van der Waals surface area contributed by atoms with Crippen LogP contribution in [0.1, 0.15) is 11.3 Å². The van der Waals surface area contributed by atoms with E-state index in [1.54, 1.807) is 24.5 Å². The second-order valence-corrected chi connectivity index (χ2v) is 7.91. The zero-order chi connectivity index (χ0) is 21.2. The predicted octanol–water partition coefficient (Wildman–Crippen LogP) is 3.87. The molecule has 3 aromatic heterocycles. The number of halogens is 1. The van der Waals surface area contributed by atoms with E-state index in [0.29, 0.717) is 29.8 Å². The van der Waals surface area contributed by atoms with E-state index in [-0.39, 0.29) is 17.5 Å². The number of thioether (sulfide) groups is 1. The molecule has 0 saturated heterocycles. The van der Waals surface area contributed by atoms with Crippen LogP contribution in [0.25, 0.3) is 16.8 Å². The molecule has 3 heterocycles. The molecule has 1 N–H and O–H groups in total. The number of para-hydroxylation sites is 2. The first-order chi connectivity index (χ1) is 15.2. The standard InChI is InChI=1S/C22H18FN5O2S/c23-16-9-7-15(8-10-16)13-27-18-5-1-2-6-19(18)28-21(27)25-26-22(28)31-14-20(29)24-12-17-4-3-11-30-17/h1-11H,12-14H2,(H,24,29). The van der Waals surface area contributed by atoms with E-state index in [1.807, 2.05) is 39.3 Å². The van der Waals surface area contributed by atoms with Crippen LogP contribution in [0.4, 0.5) is 4.39 Å². The minimum absolute atomic E-state index is 0.117. The Balaban J connectivity index is 1.40. The SMILES string of the molecule is O=C(CSc1nnc2n(Cc3ccc(F)cc3)c3ccccc3n12)NCc1ccco1. The van der Waals surface area contributed by atoms with Gasteiger partial charge in [-0.05, 0) is 42.0 Å². The molecule has 0 atom stereocenters. The molecule has 31 heavy (non-hydrogen) atoms. The van der Waals surface area contributed by atoms with Crippen LogP contribution in [0.5, 0.6) is 0 Å². The largest absolute Gasteiger partial charge is 0.467 e. The summed E-state index contributed by atoms with van der Waals surface area (Å²) in [6.45, 7) is 0.877. The molecule has 5 rings (SSSR count). The first-order valence-corrected chi connectivity index (χ1v) is 10.7. The van der Waals surface area contributed by atoms with E-state index >= 15 is 0 Å². The molecular formula is C22H18FN5O2S. The number of hydrogen-bond acceptors (Lipinski definition) is 5. The van der Waals surface area contributed by atoms with Gasteiger partial charge in [-0.2, -0.15) is 0 Å². The molecule has 5 aromatic rings. The zero-order valence-corrected chi connectivity index (χ0v) is 17.2. The van der Waals surface area contributed by atoms with Crippen LogP contribution in [-0.2, 0) is 17.9 Å². The Hall–Kier alpha value is -3.59. The maximum Gasteiger partial charge on any atom is 0.237 e. The molecule has 0 fully saturated rings. The summed E-state index contributed by atoms with van der Waals surface area (Å²) in [5.41, 5.74) is 2.89. The number of aromatic nitrogens is 4. The van der Waals surface area contributed by atoms with Gasteiger partial charge in [0.2, 0.25) is 11.7 Å². The highest BCUT2D eigenvalue weighted by molar-refractivity contribution is 7.99. The van der Waals surface area contributed by atoms with E-state index in [2.05, 4.69) is 15.5 Å². The lowest BCUT2D eigenvalue weighted by atomic mass is 10.2. The van der Waals surface area contributed by atoms with Gasteiger partial charge in [-0.25, -0.2) is 4.39 Å². The van der Waals surface area contributed by atoms with Crippen LogP contribution >= 0.6 is 11.8 Å². The Labute approximate surface area is 180 Å². The highest BCUT2D eigenvalue weighted by atomic mass is 32.2. The van der Waals surface area contributed by atoms with E-state index in [1.165, 1.54) is 23.9 Å². The number of carbonyl (C=O) groups excluding carboxylic acids is 1. The number of nitrogens with one attached hydrogen (secondary N) is 1. The smallest absolute Gasteiger partial charge is 0.237 e. The molecule has 0 unspecified atom stereocenters. The molecule has 1 amide bonds. The average molecular weight is 435 g/mol. The van der Waals surface area contributed by atoms with E-state index < -0.39 is 0 Å². The van der Waals surface area contributed by atoms with Crippen molar-refractivity contribution >= 4 is 34.5 Å². The van der Waals surface area contributed by atoms with Gasteiger partial charge in [0, 0.05) is 0 Å². The maximum atomic E-state index is 13.3. The topological polar surface area (TPSA) is 77.4 Å². The van der Waals surface area contributed by atoms with Crippen molar-refractivity contribution in [3.63, 3.8) is 0 Å². The third-order valence-corrected chi connectivity index (χ3v) is 5.83. The quantitative estimate of drug-likeness (QED) is 0.393. The number of benzene rings is 2. The molecule has 0 spiro atoms. The Kier molecular flexibility index (Phi) is 5.17. The van der Waals surface area contributed by atoms with Gasteiger partial charge in [0.25, 0.3) is 0 Å². The number of amides is 1.